The Morgan fingerprint density at radius 3 is 0.857 bits per heavy atom. The molecular weight excluding hydrogens is 1690 g/mol. The van der Waals surface area contributed by atoms with Crippen molar-refractivity contribution in [2.24, 2.45) is 0 Å². The minimum absolute atomic E-state index is 0.0319. The number of nitriles is 2. The van der Waals surface area contributed by atoms with Crippen molar-refractivity contribution in [2.45, 2.75) is 220 Å². The van der Waals surface area contributed by atoms with Crippen LogP contribution in [0, 0.1) is 89.7 Å². The number of rotatable bonds is 22. The van der Waals surface area contributed by atoms with Crippen molar-refractivity contribution in [3.8, 4) is 12.1 Å². The fourth-order valence-corrected chi connectivity index (χ4v) is 16.9. The lowest BCUT2D eigenvalue weighted by atomic mass is 9.74. The number of hydrogen-bond donors (Lipinski definition) is 10. The van der Waals surface area contributed by atoms with E-state index in [-0.39, 0.29) is 64.0 Å². The van der Waals surface area contributed by atoms with E-state index in [1.807, 2.05) is 24.5 Å². The highest BCUT2D eigenvalue weighted by molar-refractivity contribution is 6.46. The number of aryl methyl sites for hydroxylation is 4. The molecule has 2 aliphatic carbocycles. The second kappa shape index (κ2) is 36.6. The number of aliphatic hydroxyl groups excluding tert-OH is 2. The lowest BCUT2D eigenvalue weighted by molar-refractivity contribution is -0.135. The van der Waals surface area contributed by atoms with Crippen LogP contribution in [0.15, 0.2) is 72.8 Å². The number of anilines is 4. The van der Waals surface area contributed by atoms with E-state index in [0.29, 0.717) is 154 Å². The van der Waals surface area contributed by atoms with Gasteiger partial charge in [-0.1, -0.05) is 47.5 Å². The number of halogens is 8. The summed E-state index contributed by atoms with van der Waals surface area (Å²) in [6.45, 7) is 21.3. The number of ketones is 4. The molecule has 664 valence electrons. The summed E-state index contributed by atoms with van der Waals surface area (Å²) >= 11 is 12.3. The molecule has 0 bridgehead atoms. The molecule has 8 heterocycles. The number of Topliss-reactive ketones (excluding diaryl/α,β-unsaturated/α-hetero) is 4. The largest absolute Gasteiger partial charge is 0.394 e. The highest BCUT2D eigenvalue weighted by Gasteiger charge is 2.60. The molecule has 0 atom stereocenters. The molecule has 0 unspecified atom stereocenters. The number of carbonyl (C=O) groups is 12. The number of benzene rings is 4. The summed E-state index contributed by atoms with van der Waals surface area (Å²) in [6, 6.07) is 22.4. The van der Waals surface area contributed by atoms with E-state index in [2.05, 4.69) is 42.5 Å². The predicted molar refractivity (Wildman–Crippen MR) is 454 cm³/mol. The average molecular weight is 1780 g/mol. The van der Waals surface area contributed by atoms with Gasteiger partial charge in [0.25, 0.3) is 82.2 Å². The van der Waals surface area contributed by atoms with Crippen LogP contribution >= 0.6 is 23.2 Å². The normalized spacial score (nSPS) is 15.4. The molecule has 4 aliphatic heterocycles. The molecule has 126 heavy (non-hydrogen) atoms. The van der Waals surface area contributed by atoms with Gasteiger partial charge in [0.15, 0.2) is 0 Å². The fraction of sp³-hybridized carbons (Fsp3) is 0.400. The van der Waals surface area contributed by atoms with Crippen LogP contribution in [0.2, 0.25) is 10.0 Å². The van der Waals surface area contributed by atoms with Crippen LogP contribution in [0.3, 0.4) is 0 Å². The lowest BCUT2D eigenvalue weighted by Gasteiger charge is -2.42. The third-order valence-electron chi connectivity index (χ3n) is 23.0. The Morgan fingerprint density at radius 2 is 0.635 bits per heavy atom. The third-order valence-corrected chi connectivity index (χ3v) is 23.8. The molecule has 2 fully saturated rings. The van der Waals surface area contributed by atoms with E-state index < -0.39 is 136 Å². The number of alkyl halides is 4. The van der Waals surface area contributed by atoms with Crippen LogP contribution in [-0.2, 0) is 71.0 Å². The molecule has 14 rings (SSSR count). The fourth-order valence-electron chi connectivity index (χ4n) is 16.6. The van der Waals surface area contributed by atoms with Gasteiger partial charge < -0.3 is 71.0 Å². The number of nitrogens with zero attached hydrogens (tertiary/aromatic N) is 6. The molecule has 2 saturated carbocycles. The highest BCUT2D eigenvalue weighted by atomic mass is 35.5. The van der Waals surface area contributed by atoms with Crippen LogP contribution in [0.4, 0.5) is 49.1 Å². The van der Waals surface area contributed by atoms with Gasteiger partial charge >= 0.3 is 0 Å². The average Bonchev–Trinajstić information content (AvgIpc) is 1.59. The minimum Gasteiger partial charge on any atom is -0.394 e. The summed E-state index contributed by atoms with van der Waals surface area (Å²) in [5, 5.41) is 58.6. The van der Waals surface area contributed by atoms with Gasteiger partial charge in [-0.3, -0.25) is 57.5 Å². The standard InChI is InChI=1S/C23H21ClF2N4O3.C23H21F3N4O3.C22H26ClN3O4.C22H26FN3O4/c2*1-12-5-6-14(8-15(12)24)28-20(32)18-13(2)17(16-4-3-7-30(16)18)19(31)21(33)29-22(11-27)9-23(25,26)10-22;2*1-12-7-8-14(10-15(12)23)24-20(29)18-13(2)17(16-6-5-9-26(16)18)19(28)21(30)25-22(3,4)11-27/h2*5-6,8H,3-4,7,9-10H2,1-2H3,(H,28,32)(H,29,33);2*7-8,10,27H,5-6,9,11H2,1-4H3,(H,24,29)(H,25,30). The first-order valence-electron chi connectivity index (χ1n) is 40.5. The van der Waals surface area contributed by atoms with Crippen LogP contribution in [0.1, 0.15) is 230 Å². The van der Waals surface area contributed by atoms with Gasteiger partial charge in [-0.25, -0.2) is 26.3 Å². The number of amides is 8. The van der Waals surface area contributed by atoms with Crippen molar-refractivity contribution >= 4 is 116 Å². The zero-order chi connectivity index (χ0) is 92.7. The predicted octanol–water partition coefficient (Wildman–Crippen LogP) is 12.9. The van der Waals surface area contributed by atoms with E-state index in [1.54, 1.807) is 137 Å². The smallest absolute Gasteiger partial charge is 0.293 e. The van der Waals surface area contributed by atoms with E-state index in [9.17, 15) is 105 Å². The molecule has 8 amide bonds. The Morgan fingerprint density at radius 1 is 0.397 bits per heavy atom. The van der Waals surface area contributed by atoms with Crippen molar-refractivity contribution in [3.63, 3.8) is 0 Å². The molecular formula is C90H94Cl2F6N14O14. The van der Waals surface area contributed by atoms with Crippen LogP contribution < -0.4 is 42.5 Å². The van der Waals surface area contributed by atoms with Crippen LogP contribution in [0.25, 0.3) is 0 Å². The number of nitrogens with one attached hydrogen (secondary N) is 8. The summed E-state index contributed by atoms with van der Waals surface area (Å²) in [5.74, 6) is -16.2. The second-order valence-electron chi connectivity index (χ2n) is 33.9. The first-order chi connectivity index (χ1) is 59.0. The molecule has 4 aromatic carbocycles. The number of fused-ring (bicyclic) bond motifs is 4. The minimum atomic E-state index is -3.07. The Labute approximate surface area is 730 Å². The first-order valence-corrected chi connectivity index (χ1v) is 41.3. The third kappa shape index (κ3) is 19.6. The molecule has 0 radical (unpaired) electrons. The molecule has 6 aliphatic rings. The first kappa shape index (κ1) is 94.2. The summed E-state index contributed by atoms with van der Waals surface area (Å²) in [7, 11) is 0. The van der Waals surface area contributed by atoms with Crippen molar-refractivity contribution in [3.05, 3.63) is 207 Å². The number of carbonyl (C=O) groups excluding carboxylic acids is 12. The number of hydrogen-bond acceptors (Lipinski definition) is 16. The van der Waals surface area contributed by atoms with Crippen molar-refractivity contribution in [1.82, 2.24) is 39.5 Å². The van der Waals surface area contributed by atoms with Crippen molar-refractivity contribution in [2.75, 3.05) is 34.5 Å². The Kier molecular flexibility index (Phi) is 27.4. The summed E-state index contributed by atoms with van der Waals surface area (Å²) in [6.07, 6.45) is 1.59. The zero-order valence-electron chi connectivity index (χ0n) is 71.2. The molecule has 0 spiro atoms. The maximum absolute atomic E-state index is 13.9. The van der Waals surface area contributed by atoms with E-state index in [1.165, 1.54) is 25.1 Å². The van der Waals surface area contributed by atoms with Crippen LogP contribution in [-0.4, -0.2) is 146 Å². The Bertz CT molecular complexity index is 5630. The SMILES string of the molecule is Cc1ccc(NC(=O)c2c(C)c(C(=O)C(=O)NC(C)(C)CO)c3n2CCC3)cc1Cl.Cc1ccc(NC(=O)c2c(C)c(C(=O)C(=O)NC(C)(C)CO)c3n2CCC3)cc1F.Cc1ccc(NC(=O)c2c(C)c(C(=O)C(=O)NC3(C#N)CC(F)(F)C3)c3n2CCC3)cc1Cl.Cc1ccc(NC(=O)c2c(C)c(C(=O)C(=O)NC3(C#N)CC(F)(F)C3)c3n2CCC3)cc1F. The molecule has 10 N–H and O–H groups in total. The Hall–Kier alpha value is -12.5. The van der Waals surface area contributed by atoms with E-state index in [0.717, 1.165) is 24.0 Å². The van der Waals surface area contributed by atoms with E-state index >= 15 is 0 Å². The maximum Gasteiger partial charge on any atom is 0.293 e. The summed E-state index contributed by atoms with van der Waals surface area (Å²) < 4.78 is 87.8. The van der Waals surface area contributed by atoms with Crippen molar-refractivity contribution < 1.29 is 94.1 Å². The highest BCUT2D eigenvalue weighted by Crippen LogP contribution is 2.47. The Balaban J connectivity index is 0.000000163. The molecule has 4 aromatic heterocycles. The monoisotopic (exact) mass is 1780 g/mol. The van der Waals surface area contributed by atoms with Crippen LogP contribution in [0.5, 0.6) is 0 Å². The molecule has 36 heteroatoms. The van der Waals surface area contributed by atoms with Gasteiger partial charge in [-0.15, -0.1) is 0 Å². The molecule has 8 aromatic rings. The van der Waals surface area contributed by atoms with Crippen molar-refractivity contribution in [1.29, 1.82) is 10.5 Å². The van der Waals surface area contributed by atoms with E-state index in [4.69, 9.17) is 23.2 Å². The zero-order valence-corrected chi connectivity index (χ0v) is 72.7. The molecule has 0 saturated heterocycles. The topological polar surface area (TPSA) is 409 Å². The van der Waals surface area contributed by atoms with Gasteiger partial charge in [0.2, 0.25) is 0 Å². The summed E-state index contributed by atoms with van der Waals surface area (Å²) in [5.41, 5.74) is 4.37. The van der Waals surface area contributed by atoms with Gasteiger partial charge in [0, 0.05) is 107 Å². The van der Waals surface area contributed by atoms with Gasteiger partial charge in [0.1, 0.15) is 45.5 Å². The number of aromatic nitrogens is 4. The lowest BCUT2D eigenvalue weighted by Crippen LogP contribution is -2.62. The number of aliphatic hydroxyl groups is 2. The second-order valence-corrected chi connectivity index (χ2v) is 34.7. The quantitative estimate of drug-likeness (QED) is 0.0171. The summed E-state index contributed by atoms with van der Waals surface area (Å²) in [4.78, 5) is 154. The van der Waals surface area contributed by atoms with Gasteiger partial charge in [-0.05, 0) is 227 Å². The van der Waals surface area contributed by atoms with Gasteiger partial charge in [0.05, 0.1) is 58.7 Å². The molecule has 28 nitrogen and oxygen atoms in total. The van der Waals surface area contributed by atoms with Gasteiger partial charge in [-0.2, -0.15) is 10.5 Å². The maximum atomic E-state index is 13.9.